The molecule has 5 heteroatoms. The first-order valence-electron chi connectivity index (χ1n) is 9.23. The van der Waals surface area contributed by atoms with Gasteiger partial charge >= 0.3 is 0 Å². The number of benzene rings is 3. The lowest BCUT2D eigenvalue weighted by atomic mass is 10.1. The van der Waals surface area contributed by atoms with Gasteiger partial charge in [-0.25, -0.2) is 0 Å². The van der Waals surface area contributed by atoms with E-state index in [1.165, 1.54) is 5.56 Å². The molecule has 1 amide bonds. The van der Waals surface area contributed by atoms with E-state index in [0.29, 0.717) is 0 Å². The second-order valence-electron chi connectivity index (χ2n) is 6.81. The molecular weight excluding hydrogens is 446 g/mol. The maximum Gasteiger partial charge on any atom is 0.266 e. The molecule has 0 N–H and O–H groups in total. The molecule has 3 aromatic carbocycles. The zero-order valence-corrected chi connectivity index (χ0v) is 18.5. The average Bonchev–Trinajstić information content (AvgIpc) is 3.06. The smallest absolute Gasteiger partial charge is 0.266 e. The van der Waals surface area contributed by atoms with Crippen LogP contribution in [0.3, 0.4) is 0 Å². The van der Waals surface area contributed by atoms with Gasteiger partial charge < -0.3 is 4.74 Å². The minimum absolute atomic E-state index is 0.00802. The fraction of sp³-hybridized carbons (Fsp3) is 0.125. The average molecular weight is 466 g/mol. The fourth-order valence-corrected chi connectivity index (χ4v) is 4.72. The van der Waals surface area contributed by atoms with Gasteiger partial charge in [-0.1, -0.05) is 69.7 Å². The van der Waals surface area contributed by atoms with Crippen LogP contribution in [0.2, 0.25) is 0 Å². The predicted molar refractivity (Wildman–Crippen MR) is 124 cm³/mol. The minimum atomic E-state index is -0.113. The number of halogens is 1. The summed E-state index contributed by atoms with van der Waals surface area (Å²) in [6.45, 7) is 2.07. The number of hydrogen-bond donors (Lipinski definition) is 0. The Labute approximate surface area is 183 Å². The van der Waals surface area contributed by atoms with Gasteiger partial charge in [0.15, 0.2) is 0 Å². The molecule has 0 bridgehead atoms. The summed E-state index contributed by atoms with van der Waals surface area (Å²) in [6.07, 6.45) is 1.96. The number of anilines is 1. The Bertz CT molecular complexity index is 1040. The minimum Gasteiger partial charge on any atom is -0.497 e. The molecule has 0 aromatic heterocycles. The number of amides is 1. The highest BCUT2D eigenvalue weighted by molar-refractivity contribution is 9.10. The summed E-state index contributed by atoms with van der Waals surface area (Å²) in [5.41, 5.74) is 4.16. The molecule has 1 aliphatic heterocycles. The van der Waals surface area contributed by atoms with Gasteiger partial charge in [0.1, 0.15) is 11.1 Å². The Balaban J connectivity index is 1.74. The first-order valence-corrected chi connectivity index (χ1v) is 10.9. The molecule has 3 nitrogen and oxygen atoms in total. The van der Waals surface area contributed by atoms with Gasteiger partial charge in [-0.3, -0.25) is 9.69 Å². The third-order valence-electron chi connectivity index (χ3n) is 4.78. The monoisotopic (exact) mass is 465 g/mol. The maximum absolute atomic E-state index is 13.4. The van der Waals surface area contributed by atoms with Gasteiger partial charge in [0.25, 0.3) is 5.91 Å². The highest BCUT2D eigenvalue weighted by atomic mass is 79.9. The Kier molecular flexibility index (Phi) is 5.79. The molecule has 1 saturated heterocycles. The van der Waals surface area contributed by atoms with E-state index in [0.717, 1.165) is 31.9 Å². The molecule has 1 fully saturated rings. The number of aryl methyl sites for hydroxylation is 1. The van der Waals surface area contributed by atoms with Crippen LogP contribution in [0.5, 0.6) is 5.75 Å². The van der Waals surface area contributed by atoms with Crippen molar-refractivity contribution < 1.29 is 9.53 Å². The number of hydrogen-bond acceptors (Lipinski definition) is 3. The Hall–Kier alpha value is -2.50. The van der Waals surface area contributed by atoms with Crippen molar-refractivity contribution in [2.24, 2.45) is 0 Å². The van der Waals surface area contributed by atoms with Crippen molar-refractivity contribution in [2.75, 3.05) is 12.0 Å². The van der Waals surface area contributed by atoms with Crippen molar-refractivity contribution in [1.82, 2.24) is 0 Å². The van der Waals surface area contributed by atoms with Crippen LogP contribution in [0.25, 0.3) is 6.08 Å². The van der Waals surface area contributed by atoms with E-state index in [9.17, 15) is 4.79 Å². The Morgan fingerprint density at radius 3 is 2.24 bits per heavy atom. The van der Waals surface area contributed by atoms with Gasteiger partial charge in [0, 0.05) is 10.2 Å². The molecular formula is C24H20BrNO2S. The largest absolute Gasteiger partial charge is 0.497 e. The molecule has 1 heterocycles. The zero-order chi connectivity index (χ0) is 20.4. The zero-order valence-electron chi connectivity index (χ0n) is 16.1. The van der Waals surface area contributed by atoms with Crippen molar-refractivity contribution >= 4 is 45.4 Å². The van der Waals surface area contributed by atoms with E-state index < -0.39 is 0 Å². The van der Waals surface area contributed by atoms with Crippen molar-refractivity contribution in [3.63, 3.8) is 0 Å². The van der Waals surface area contributed by atoms with Crippen molar-refractivity contribution in [3.05, 3.63) is 98.9 Å². The van der Waals surface area contributed by atoms with Crippen LogP contribution < -0.4 is 9.64 Å². The molecule has 4 rings (SSSR count). The second-order valence-corrected chi connectivity index (χ2v) is 8.85. The SMILES string of the molecule is COc1ccc(N2C(=O)/C(=C\c3ccc(Br)cc3)S[C@@H]2c2ccc(C)cc2)cc1. The van der Waals surface area contributed by atoms with E-state index >= 15 is 0 Å². The molecule has 0 saturated carbocycles. The maximum atomic E-state index is 13.4. The first-order chi connectivity index (χ1) is 14.0. The van der Waals surface area contributed by atoms with Crippen LogP contribution >= 0.6 is 27.7 Å². The Morgan fingerprint density at radius 2 is 1.62 bits per heavy atom. The summed E-state index contributed by atoms with van der Waals surface area (Å²) in [5, 5.41) is -0.113. The molecule has 1 atom stereocenters. The normalized spacial score (nSPS) is 17.8. The summed E-state index contributed by atoms with van der Waals surface area (Å²) in [5.74, 6) is 0.777. The summed E-state index contributed by atoms with van der Waals surface area (Å²) in [6, 6.07) is 24.0. The Morgan fingerprint density at radius 1 is 0.966 bits per heavy atom. The molecule has 3 aromatic rings. The second kappa shape index (κ2) is 8.47. The van der Waals surface area contributed by atoms with E-state index in [4.69, 9.17) is 4.74 Å². The third-order valence-corrected chi connectivity index (χ3v) is 6.56. The van der Waals surface area contributed by atoms with E-state index in [1.54, 1.807) is 18.9 Å². The molecule has 0 unspecified atom stereocenters. The predicted octanol–water partition coefficient (Wildman–Crippen LogP) is 6.59. The van der Waals surface area contributed by atoms with Crippen LogP contribution in [-0.4, -0.2) is 13.0 Å². The van der Waals surface area contributed by atoms with Gasteiger partial charge in [0.05, 0.1) is 12.0 Å². The van der Waals surface area contributed by atoms with Crippen LogP contribution in [0.15, 0.2) is 82.2 Å². The summed E-state index contributed by atoms with van der Waals surface area (Å²) >= 11 is 5.04. The standard InChI is InChI=1S/C24H20BrNO2S/c1-16-3-7-18(8-4-16)24-26(20-11-13-21(28-2)14-12-20)23(27)22(29-24)15-17-5-9-19(25)10-6-17/h3-15,24H,1-2H3/b22-15+/t24-/m1/s1. The van der Waals surface area contributed by atoms with Gasteiger partial charge in [-0.2, -0.15) is 0 Å². The van der Waals surface area contributed by atoms with Crippen molar-refractivity contribution in [2.45, 2.75) is 12.3 Å². The number of nitrogens with zero attached hydrogens (tertiary/aromatic N) is 1. The number of ether oxygens (including phenoxy) is 1. The lowest BCUT2D eigenvalue weighted by Crippen LogP contribution is -2.27. The topological polar surface area (TPSA) is 29.5 Å². The highest BCUT2D eigenvalue weighted by Crippen LogP contribution is 2.48. The van der Waals surface area contributed by atoms with Crippen molar-refractivity contribution in [1.29, 1.82) is 0 Å². The number of methoxy groups -OCH3 is 1. The lowest BCUT2D eigenvalue weighted by Gasteiger charge is -2.24. The quantitative estimate of drug-likeness (QED) is 0.407. The van der Waals surface area contributed by atoms with Crippen LogP contribution in [-0.2, 0) is 4.79 Å². The first kappa shape index (κ1) is 19.8. The van der Waals surface area contributed by atoms with Crippen LogP contribution in [0, 0.1) is 6.92 Å². The van der Waals surface area contributed by atoms with Crippen LogP contribution in [0.1, 0.15) is 22.1 Å². The molecule has 29 heavy (non-hydrogen) atoms. The molecule has 0 aliphatic carbocycles. The lowest BCUT2D eigenvalue weighted by molar-refractivity contribution is -0.114. The molecule has 0 radical (unpaired) electrons. The van der Waals surface area contributed by atoms with Gasteiger partial charge in [-0.05, 0) is 60.5 Å². The molecule has 146 valence electrons. The summed E-state index contributed by atoms with van der Waals surface area (Å²) < 4.78 is 6.29. The van der Waals surface area contributed by atoms with Gasteiger partial charge in [-0.15, -0.1) is 0 Å². The summed E-state index contributed by atoms with van der Waals surface area (Å²) in [4.78, 5) is 16.0. The third kappa shape index (κ3) is 4.26. The van der Waals surface area contributed by atoms with Gasteiger partial charge in [0.2, 0.25) is 0 Å². The molecule has 0 spiro atoms. The summed E-state index contributed by atoms with van der Waals surface area (Å²) in [7, 11) is 1.64. The van der Waals surface area contributed by atoms with E-state index in [-0.39, 0.29) is 11.3 Å². The number of thioether (sulfide) groups is 1. The van der Waals surface area contributed by atoms with E-state index in [1.807, 2.05) is 59.5 Å². The highest BCUT2D eigenvalue weighted by Gasteiger charge is 2.38. The van der Waals surface area contributed by atoms with Crippen molar-refractivity contribution in [3.8, 4) is 5.75 Å². The fourth-order valence-electron chi connectivity index (χ4n) is 3.20. The van der Waals surface area contributed by atoms with E-state index in [2.05, 4.69) is 47.1 Å². The van der Waals surface area contributed by atoms with Crippen LogP contribution in [0.4, 0.5) is 5.69 Å². The number of carbonyl (C=O) groups excluding carboxylic acids is 1. The number of carbonyl (C=O) groups is 1. The molecule has 1 aliphatic rings. The number of rotatable bonds is 4.